The van der Waals surface area contributed by atoms with E-state index < -0.39 is 42.2 Å². The molecule has 1 aromatic carbocycles. The number of halogens is 2. The third-order valence-corrected chi connectivity index (χ3v) is 5.39. The lowest BCUT2D eigenvalue weighted by Crippen LogP contribution is -2.37. The molecule has 0 spiro atoms. The van der Waals surface area contributed by atoms with Crippen LogP contribution < -0.4 is 0 Å². The highest BCUT2D eigenvalue weighted by molar-refractivity contribution is 5.83. The Labute approximate surface area is 167 Å². The number of aliphatic carboxylic acids is 1. The second-order valence-corrected chi connectivity index (χ2v) is 7.59. The van der Waals surface area contributed by atoms with Gasteiger partial charge in [0.15, 0.2) is 0 Å². The number of carboxylic acid groups (broad SMARTS) is 1. The summed E-state index contributed by atoms with van der Waals surface area (Å²) in [5, 5.41) is 10.5. The van der Waals surface area contributed by atoms with Crippen LogP contribution >= 0.6 is 0 Å². The number of aromatic nitrogens is 1. The van der Waals surface area contributed by atoms with Crippen LogP contribution in [0.4, 0.5) is 8.78 Å². The smallest absolute Gasteiger partial charge is 0.313 e. The van der Waals surface area contributed by atoms with Gasteiger partial charge < -0.3 is 9.84 Å². The van der Waals surface area contributed by atoms with Gasteiger partial charge in [-0.1, -0.05) is 30.4 Å². The number of fused-ring (bicyclic) bond motifs is 1. The normalized spacial score (nSPS) is 19.2. The first-order valence-corrected chi connectivity index (χ1v) is 9.49. The molecule has 1 aliphatic rings. The monoisotopic (exact) mass is 403 g/mol. The molecule has 0 aliphatic heterocycles. The first-order chi connectivity index (χ1) is 13.6. The van der Waals surface area contributed by atoms with Gasteiger partial charge in [-0.2, -0.15) is 0 Å². The van der Waals surface area contributed by atoms with E-state index in [1.54, 1.807) is 25.1 Å². The number of alkyl halides is 2. The van der Waals surface area contributed by atoms with Crippen LogP contribution in [0.25, 0.3) is 17.0 Å². The van der Waals surface area contributed by atoms with Crippen molar-refractivity contribution >= 4 is 28.9 Å². The van der Waals surface area contributed by atoms with Gasteiger partial charge in [0, 0.05) is 25.2 Å². The molecule has 29 heavy (non-hydrogen) atoms. The van der Waals surface area contributed by atoms with E-state index in [4.69, 9.17) is 4.74 Å². The van der Waals surface area contributed by atoms with Crippen molar-refractivity contribution in [2.75, 3.05) is 0 Å². The standard InChI is InChI=1S/C22H23F2NO4/c1-14(29-15(2)26)18-6-5-17-4-3-16(13-19(17)25-18)7-8-21(20(27)28)9-11-22(23,24)12-10-21/h3-8,13-14H,9-12H2,1-2H3,(H,27,28)/t14-/m1/s1. The van der Waals surface area contributed by atoms with Gasteiger partial charge in [0.25, 0.3) is 0 Å². The van der Waals surface area contributed by atoms with Crippen molar-refractivity contribution in [3.8, 4) is 0 Å². The highest BCUT2D eigenvalue weighted by atomic mass is 19.3. The Balaban J connectivity index is 1.87. The van der Waals surface area contributed by atoms with Crippen LogP contribution in [0.2, 0.25) is 0 Å². The molecule has 1 aliphatic carbocycles. The Hall–Kier alpha value is -2.83. The number of carbonyl (C=O) groups is 2. The average molecular weight is 403 g/mol. The summed E-state index contributed by atoms with van der Waals surface area (Å²) in [4.78, 5) is 27.5. The van der Waals surface area contributed by atoms with Crippen LogP contribution in [0.3, 0.4) is 0 Å². The van der Waals surface area contributed by atoms with Crippen molar-refractivity contribution in [1.29, 1.82) is 0 Å². The first kappa shape index (κ1) is 20.9. The van der Waals surface area contributed by atoms with Crippen molar-refractivity contribution in [1.82, 2.24) is 4.98 Å². The van der Waals surface area contributed by atoms with Crippen LogP contribution in [0, 0.1) is 5.41 Å². The Morgan fingerprint density at radius 1 is 1.17 bits per heavy atom. The van der Waals surface area contributed by atoms with Gasteiger partial charge in [-0.25, -0.2) is 13.8 Å². The summed E-state index contributed by atoms with van der Waals surface area (Å²) >= 11 is 0. The molecule has 5 nitrogen and oxygen atoms in total. The van der Waals surface area contributed by atoms with E-state index in [0.29, 0.717) is 11.2 Å². The zero-order chi connectivity index (χ0) is 21.2. The summed E-state index contributed by atoms with van der Waals surface area (Å²) in [7, 11) is 0. The zero-order valence-corrected chi connectivity index (χ0v) is 16.3. The highest BCUT2D eigenvalue weighted by Crippen LogP contribution is 2.45. The SMILES string of the molecule is CC(=O)O[C@H](C)c1ccc2ccc(C=CC3(C(=O)O)CCC(F)(F)CC3)cc2n1. The number of esters is 1. The van der Waals surface area contributed by atoms with E-state index >= 15 is 0 Å². The summed E-state index contributed by atoms with van der Waals surface area (Å²) in [5.41, 5.74) is 0.712. The number of benzene rings is 1. The summed E-state index contributed by atoms with van der Waals surface area (Å²) in [6.07, 6.45) is 1.64. The Bertz CT molecular complexity index is 960. The molecule has 1 N–H and O–H groups in total. The van der Waals surface area contributed by atoms with Gasteiger partial charge in [-0.3, -0.25) is 9.59 Å². The van der Waals surface area contributed by atoms with E-state index in [2.05, 4.69) is 4.98 Å². The number of hydrogen-bond donors (Lipinski definition) is 1. The number of carbonyl (C=O) groups excluding carboxylic acids is 1. The number of nitrogens with zero attached hydrogens (tertiary/aromatic N) is 1. The summed E-state index contributed by atoms with van der Waals surface area (Å²) in [5.74, 6) is -4.27. The van der Waals surface area contributed by atoms with Gasteiger partial charge in [0.2, 0.25) is 5.92 Å². The fourth-order valence-electron chi connectivity index (χ4n) is 3.56. The zero-order valence-electron chi connectivity index (χ0n) is 16.3. The molecule has 1 atom stereocenters. The molecule has 0 saturated heterocycles. The predicted octanol–water partition coefficient (Wildman–Crippen LogP) is 5.15. The molecule has 154 valence electrons. The molecule has 1 aromatic heterocycles. The predicted molar refractivity (Wildman–Crippen MR) is 104 cm³/mol. The Morgan fingerprint density at radius 2 is 1.83 bits per heavy atom. The molecule has 0 radical (unpaired) electrons. The third-order valence-electron chi connectivity index (χ3n) is 5.39. The molecule has 1 saturated carbocycles. The largest absolute Gasteiger partial charge is 0.481 e. The van der Waals surface area contributed by atoms with Crippen molar-refractivity contribution in [3.63, 3.8) is 0 Å². The number of pyridine rings is 1. The topological polar surface area (TPSA) is 76.5 Å². The highest BCUT2D eigenvalue weighted by Gasteiger charge is 2.46. The molecule has 1 fully saturated rings. The molecular weight excluding hydrogens is 380 g/mol. The summed E-state index contributed by atoms with van der Waals surface area (Å²) < 4.78 is 32.1. The fourth-order valence-corrected chi connectivity index (χ4v) is 3.56. The quantitative estimate of drug-likeness (QED) is 0.699. The summed E-state index contributed by atoms with van der Waals surface area (Å²) in [6.45, 7) is 3.06. The molecule has 0 amide bonds. The third kappa shape index (κ3) is 4.78. The van der Waals surface area contributed by atoms with Crippen molar-refractivity contribution in [2.45, 2.75) is 51.6 Å². The minimum absolute atomic E-state index is 0.0955. The maximum absolute atomic E-state index is 13.5. The van der Waals surface area contributed by atoms with Crippen LogP contribution in [-0.2, 0) is 14.3 Å². The van der Waals surface area contributed by atoms with Crippen LogP contribution in [0.5, 0.6) is 0 Å². The van der Waals surface area contributed by atoms with Crippen LogP contribution in [-0.4, -0.2) is 28.0 Å². The maximum Gasteiger partial charge on any atom is 0.313 e. The van der Waals surface area contributed by atoms with Gasteiger partial charge in [0.1, 0.15) is 6.10 Å². The Morgan fingerprint density at radius 3 is 2.45 bits per heavy atom. The molecule has 2 aromatic rings. The number of rotatable bonds is 5. The molecule has 7 heteroatoms. The van der Waals surface area contributed by atoms with Gasteiger partial charge in [-0.05, 0) is 37.5 Å². The minimum atomic E-state index is -2.80. The average Bonchev–Trinajstić information content (AvgIpc) is 2.66. The lowest BCUT2D eigenvalue weighted by atomic mass is 9.72. The number of ether oxygens (including phenoxy) is 1. The van der Waals surface area contributed by atoms with E-state index in [1.165, 1.54) is 13.0 Å². The molecule has 1 heterocycles. The minimum Gasteiger partial charge on any atom is -0.481 e. The Kier molecular flexibility index (Phi) is 5.68. The lowest BCUT2D eigenvalue weighted by molar-refractivity contribution is -0.152. The van der Waals surface area contributed by atoms with Gasteiger partial charge in [-0.15, -0.1) is 0 Å². The maximum atomic E-state index is 13.5. The van der Waals surface area contributed by atoms with Gasteiger partial charge >= 0.3 is 11.9 Å². The van der Waals surface area contributed by atoms with Crippen molar-refractivity contribution in [3.05, 3.63) is 47.7 Å². The van der Waals surface area contributed by atoms with Crippen molar-refractivity contribution in [2.24, 2.45) is 5.41 Å². The molecular formula is C22H23F2NO4. The second kappa shape index (κ2) is 7.89. The molecule has 0 bridgehead atoms. The van der Waals surface area contributed by atoms with E-state index in [9.17, 15) is 23.5 Å². The molecule has 3 rings (SSSR count). The first-order valence-electron chi connectivity index (χ1n) is 9.49. The van der Waals surface area contributed by atoms with E-state index in [-0.39, 0.29) is 12.8 Å². The van der Waals surface area contributed by atoms with Crippen molar-refractivity contribution < 1.29 is 28.2 Å². The number of hydrogen-bond acceptors (Lipinski definition) is 4. The van der Waals surface area contributed by atoms with E-state index in [0.717, 1.165) is 10.9 Å². The molecule has 0 unspecified atom stereocenters. The lowest BCUT2D eigenvalue weighted by Gasteiger charge is -2.34. The van der Waals surface area contributed by atoms with Gasteiger partial charge in [0.05, 0.1) is 16.6 Å². The second-order valence-electron chi connectivity index (χ2n) is 7.59. The summed E-state index contributed by atoms with van der Waals surface area (Å²) in [6, 6.07) is 9.12. The van der Waals surface area contributed by atoms with Crippen LogP contribution in [0.1, 0.15) is 56.9 Å². The number of carboxylic acids is 1. The van der Waals surface area contributed by atoms with E-state index in [1.807, 2.05) is 18.2 Å². The fraction of sp³-hybridized carbons (Fsp3) is 0.409. The van der Waals surface area contributed by atoms with Crippen LogP contribution in [0.15, 0.2) is 36.4 Å².